The van der Waals surface area contributed by atoms with Crippen molar-refractivity contribution in [3.05, 3.63) is 0 Å². The van der Waals surface area contributed by atoms with Gasteiger partial charge < -0.3 is 4.74 Å². The maximum absolute atomic E-state index is 10.9. The number of hydrogen-bond donors (Lipinski definition) is 1. The van der Waals surface area contributed by atoms with Crippen molar-refractivity contribution in [2.45, 2.75) is 31.4 Å². The van der Waals surface area contributed by atoms with Crippen LogP contribution in [0, 0.1) is 0 Å². The number of hydrogen-bond acceptors (Lipinski definition) is 4. The summed E-state index contributed by atoms with van der Waals surface area (Å²) in [5.41, 5.74) is 0. The van der Waals surface area contributed by atoms with Crippen molar-refractivity contribution < 1.29 is 17.9 Å². The predicted molar refractivity (Wildman–Crippen MR) is 48.4 cm³/mol. The summed E-state index contributed by atoms with van der Waals surface area (Å²) in [4.78, 5) is 10.7. The first kappa shape index (κ1) is 12.4. The average molecular weight is 209 g/mol. The van der Waals surface area contributed by atoms with Gasteiger partial charge in [0.25, 0.3) is 0 Å². The number of nitrogens with two attached hydrogens (primary N) is 1. The van der Waals surface area contributed by atoms with Crippen molar-refractivity contribution in [3.63, 3.8) is 0 Å². The molecule has 0 aromatic carbocycles. The first-order chi connectivity index (χ1) is 5.91. The lowest BCUT2D eigenvalue weighted by molar-refractivity contribution is -0.140. The Kier molecular flexibility index (Phi) is 4.94. The standard InChI is InChI=1S/C7H15NO4S/c1-3-6(13(8,10)11)4-5-7(9)12-2/h6H,3-5H2,1-2H3,(H2,8,10,11). The number of carbonyl (C=O) groups is 1. The predicted octanol–water partition coefficient (Wildman–Crippen LogP) is 0.00670. The summed E-state index contributed by atoms with van der Waals surface area (Å²) in [7, 11) is -2.26. The van der Waals surface area contributed by atoms with E-state index >= 15 is 0 Å². The Morgan fingerprint density at radius 2 is 2.08 bits per heavy atom. The molecule has 2 N–H and O–H groups in total. The molecule has 6 heteroatoms. The van der Waals surface area contributed by atoms with Crippen molar-refractivity contribution in [2.24, 2.45) is 5.14 Å². The van der Waals surface area contributed by atoms with Crippen LogP contribution in [0.2, 0.25) is 0 Å². The van der Waals surface area contributed by atoms with Gasteiger partial charge in [-0.15, -0.1) is 0 Å². The van der Waals surface area contributed by atoms with E-state index < -0.39 is 21.2 Å². The minimum absolute atomic E-state index is 0.0887. The van der Waals surface area contributed by atoms with Crippen LogP contribution in [0.3, 0.4) is 0 Å². The highest BCUT2D eigenvalue weighted by atomic mass is 32.2. The molecule has 0 aliphatic heterocycles. The molecule has 0 aliphatic carbocycles. The Hall–Kier alpha value is -0.620. The second-order valence-corrected chi connectivity index (χ2v) is 4.58. The monoisotopic (exact) mass is 209 g/mol. The molecule has 1 unspecified atom stereocenters. The van der Waals surface area contributed by atoms with Crippen LogP contribution in [0.15, 0.2) is 0 Å². The third kappa shape index (κ3) is 4.84. The summed E-state index contributed by atoms with van der Waals surface area (Å²) in [6, 6.07) is 0. The summed E-state index contributed by atoms with van der Waals surface area (Å²) in [6.07, 6.45) is 0.725. The summed E-state index contributed by atoms with van der Waals surface area (Å²) in [5.74, 6) is -0.415. The van der Waals surface area contributed by atoms with E-state index in [1.165, 1.54) is 7.11 Å². The van der Waals surface area contributed by atoms with Crippen molar-refractivity contribution in [2.75, 3.05) is 7.11 Å². The third-order valence-corrected chi connectivity index (χ3v) is 3.32. The molecular weight excluding hydrogens is 194 g/mol. The van der Waals surface area contributed by atoms with Crippen LogP contribution < -0.4 is 5.14 Å². The molecule has 0 heterocycles. The smallest absolute Gasteiger partial charge is 0.305 e. The van der Waals surface area contributed by atoms with Crippen LogP contribution in [0.25, 0.3) is 0 Å². The van der Waals surface area contributed by atoms with Gasteiger partial charge in [0.15, 0.2) is 0 Å². The molecule has 0 aromatic heterocycles. The van der Waals surface area contributed by atoms with Crippen molar-refractivity contribution in [3.8, 4) is 0 Å². The molecule has 0 bridgehead atoms. The van der Waals surface area contributed by atoms with Gasteiger partial charge in [-0.25, -0.2) is 13.6 Å². The van der Waals surface area contributed by atoms with Crippen molar-refractivity contribution in [1.29, 1.82) is 0 Å². The van der Waals surface area contributed by atoms with E-state index in [0.717, 1.165) is 0 Å². The normalized spacial score (nSPS) is 13.8. The maximum atomic E-state index is 10.9. The zero-order valence-corrected chi connectivity index (χ0v) is 8.63. The molecular formula is C7H15NO4S. The Bertz CT molecular complexity index is 260. The van der Waals surface area contributed by atoms with Crippen LogP contribution in [0.4, 0.5) is 0 Å². The summed E-state index contributed by atoms with van der Waals surface area (Å²) in [5, 5.41) is 4.29. The highest BCUT2D eigenvalue weighted by Gasteiger charge is 2.20. The van der Waals surface area contributed by atoms with E-state index in [1.807, 2.05) is 0 Å². The Morgan fingerprint density at radius 1 is 1.54 bits per heavy atom. The summed E-state index contributed by atoms with van der Waals surface area (Å²) in [6.45, 7) is 1.71. The van der Waals surface area contributed by atoms with Crippen LogP contribution in [-0.2, 0) is 19.6 Å². The molecule has 1 atom stereocenters. The summed E-state index contributed by atoms with van der Waals surface area (Å²) >= 11 is 0. The molecule has 5 nitrogen and oxygen atoms in total. The van der Waals surface area contributed by atoms with E-state index in [1.54, 1.807) is 6.92 Å². The van der Waals surface area contributed by atoms with Gasteiger partial charge in [0.1, 0.15) is 0 Å². The van der Waals surface area contributed by atoms with Gasteiger partial charge in [-0.05, 0) is 12.8 Å². The van der Waals surface area contributed by atoms with E-state index in [9.17, 15) is 13.2 Å². The maximum Gasteiger partial charge on any atom is 0.305 e. The zero-order valence-electron chi connectivity index (χ0n) is 7.82. The Labute approximate surface area is 78.3 Å². The molecule has 0 saturated carbocycles. The number of carbonyl (C=O) groups excluding carboxylic acids is 1. The van der Waals surface area contributed by atoms with Gasteiger partial charge in [0.2, 0.25) is 10.0 Å². The molecule has 0 amide bonds. The lowest BCUT2D eigenvalue weighted by atomic mass is 10.2. The van der Waals surface area contributed by atoms with E-state index in [-0.39, 0.29) is 12.8 Å². The molecule has 13 heavy (non-hydrogen) atoms. The van der Waals surface area contributed by atoms with Gasteiger partial charge >= 0.3 is 5.97 Å². The fourth-order valence-electron chi connectivity index (χ4n) is 0.982. The molecule has 0 aromatic rings. The number of sulfonamides is 1. The van der Waals surface area contributed by atoms with Crippen LogP contribution in [0.1, 0.15) is 26.2 Å². The minimum Gasteiger partial charge on any atom is -0.469 e. The second kappa shape index (κ2) is 5.18. The minimum atomic E-state index is -3.53. The molecule has 0 fully saturated rings. The van der Waals surface area contributed by atoms with Crippen molar-refractivity contribution >= 4 is 16.0 Å². The van der Waals surface area contributed by atoms with Gasteiger partial charge in [-0.1, -0.05) is 6.92 Å². The molecule has 78 valence electrons. The quantitative estimate of drug-likeness (QED) is 0.646. The van der Waals surface area contributed by atoms with Gasteiger partial charge in [-0.2, -0.15) is 0 Å². The van der Waals surface area contributed by atoms with Gasteiger partial charge in [-0.3, -0.25) is 4.79 Å². The Balaban J connectivity index is 4.09. The van der Waals surface area contributed by atoms with Crippen LogP contribution in [0.5, 0.6) is 0 Å². The number of ether oxygens (including phenoxy) is 1. The third-order valence-electron chi connectivity index (χ3n) is 1.82. The molecule has 0 aliphatic rings. The molecule has 0 radical (unpaired) electrons. The van der Waals surface area contributed by atoms with E-state index in [2.05, 4.69) is 4.74 Å². The first-order valence-corrected chi connectivity index (χ1v) is 5.61. The van der Waals surface area contributed by atoms with E-state index in [0.29, 0.717) is 6.42 Å². The number of rotatable bonds is 5. The van der Waals surface area contributed by atoms with Gasteiger partial charge in [0, 0.05) is 6.42 Å². The van der Waals surface area contributed by atoms with Crippen LogP contribution >= 0.6 is 0 Å². The largest absolute Gasteiger partial charge is 0.469 e. The fourth-order valence-corrected chi connectivity index (χ4v) is 1.89. The molecule has 0 rings (SSSR count). The first-order valence-electron chi connectivity index (χ1n) is 4.00. The van der Waals surface area contributed by atoms with Gasteiger partial charge in [0.05, 0.1) is 12.4 Å². The zero-order chi connectivity index (χ0) is 10.5. The number of esters is 1. The average Bonchev–Trinajstić information content (AvgIpc) is 2.02. The van der Waals surface area contributed by atoms with Crippen LogP contribution in [-0.4, -0.2) is 26.7 Å². The lowest BCUT2D eigenvalue weighted by Crippen LogP contribution is -2.28. The highest BCUT2D eigenvalue weighted by molar-refractivity contribution is 7.89. The topological polar surface area (TPSA) is 86.5 Å². The molecule has 0 spiro atoms. The molecule has 0 saturated heterocycles. The number of methoxy groups -OCH3 is 1. The fraction of sp³-hybridized carbons (Fsp3) is 0.857. The second-order valence-electron chi connectivity index (χ2n) is 2.73. The SMILES string of the molecule is CCC(CCC(=O)OC)S(N)(=O)=O. The number of primary sulfonamides is 1. The van der Waals surface area contributed by atoms with Crippen molar-refractivity contribution in [1.82, 2.24) is 0 Å². The highest BCUT2D eigenvalue weighted by Crippen LogP contribution is 2.09. The van der Waals surface area contributed by atoms with E-state index in [4.69, 9.17) is 5.14 Å². The lowest BCUT2D eigenvalue weighted by Gasteiger charge is -2.10. The Morgan fingerprint density at radius 3 is 2.38 bits per heavy atom. The summed E-state index contributed by atoms with van der Waals surface area (Å²) < 4.78 is 26.2.